The number of rotatable bonds is 2. The summed E-state index contributed by atoms with van der Waals surface area (Å²) in [5, 5.41) is 13.1. The van der Waals surface area contributed by atoms with E-state index < -0.39 is 12.1 Å². The van der Waals surface area contributed by atoms with Gasteiger partial charge in [-0.2, -0.15) is 0 Å². The number of fused-ring (bicyclic) bond motifs is 3. The van der Waals surface area contributed by atoms with Gasteiger partial charge in [0.15, 0.2) is 6.10 Å². The highest BCUT2D eigenvalue weighted by molar-refractivity contribution is 5.89. The van der Waals surface area contributed by atoms with E-state index in [-0.39, 0.29) is 4.92 Å². The Labute approximate surface area is 116 Å². The third kappa shape index (κ3) is 1.95. The summed E-state index contributed by atoms with van der Waals surface area (Å²) in [4.78, 5) is 10.9. The molecule has 5 heteroatoms. The zero-order valence-electron chi connectivity index (χ0n) is 11.3. The van der Waals surface area contributed by atoms with Crippen LogP contribution in [0, 0.1) is 10.1 Å². The Morgan fingerprint density at radius 1 is 1.35 bits per heavy atom. The van der Waals surface area contributed by atoms with Crippen molar-refractivity contribution in [3.63, 3.8) is 0 Å². The first-order valence-corrected chi connectivity index (χ1v) is 6.50. The molecule has 0 N–H and O–H groups in total. The average Bonchev–Trinajstić information content (AvgIpc) is 2.45. The molecule has 5 nitrogen and oxygen atoms in total. The number of ether oxygens (including phenoxy) is 2. The summed E-state index contributed by atoms with van der Waals surface area (Å²) >= 11 is 0. The third-order valence-corrected chi connectivity index (χ3v) is 3.84. The molecule has 0 spiro atoms. The Morgan fingerprint density at radius 3 is 2.80 bits per heavy atom. The minimum atomic E-state index is -0.709. The molecular weight excluding hydrogens is 258 g/mol. The van der Waals surface area contributed by atoms with Gasteiger partial charge in [0, 0.05) is 16.9 Å². The summed E-state index contributed by atoms with van der Waals surface area (Å²) in [6.07, 6.45) is -0.0332. The van der Waals surface area contributed by atoms with Gasteiger partial charge in [-0.05, 0) is 35.9 Å². The highest BCUT2D eigenvalue weighted by Crippen LogP contribution is 2.36. The molecular formula is C15H15NO4. The van der Waals surface area contributed by atoms with E-state index in [0.717, 1.165) is 27.8 Å². The van der Waals surface area contributed by atoms with E-state index in [1.165, 1.54) is 0 Å². The maximum absolute atomic E-state index is 11.1. The van der Waals surface area contributed by atoms with Crippen LogP contribution in [-0.4, -0.2) is 24.2 Å². The maximum Gasteiger partial charge on any atom is 0.253 e. The highest BCUT2D eigenvalue weighted by Gasteiger charge is 2.36. The minimum absolute atomic E-state index is 0.257. The van der Waals surface area contributed by atoms with Gasteiger partial charge in [-0.25, -0.2) is 0 Å². The fraction of sp³-hybridized carbons (Fsp3) is 0.333. The number of nitrogens with zero attached hydrogens (tertiary/aromatic N) is 1. The molecule has 0 saturated heterocycles. The predicted octanol–water partition coefficient (Wildman–Crippen LogP) is 2.82. The van der Waals surface area contributed by atoms with E-state index in [1.807, 2.05) is 30.3 Å². The third-order valence-electron chi connectivity index (χ3n) is 3.84. The minimum Gasteiger partial charge on any atom is -0.497 e. The molecule has 0 saturated carbocycles. The Hall–Kier alpha value is -2.30. The lowest BCUT2D eigenvalue weighted by Gasteiger charge is -2.27. The van der Waals surface area contributed by atoms with Crippen LogP contribution in [0.4, 0.5) is 0 Å². The van der Waals surface area contributed by atoms with Crippen LogP contribution < -0.4 is 9.47 Å². The summed E-state index contributed by atoms with van der Waals surface area (Å²) in [5.74, 6) is 1.47. The lowest BCUT2D eigenvalue weighted by atomic mass is 9.93. The van der Waals surface area contributed by atoms with E-state index in [2.05, 4.69) is 0 Å². The van der Waals surface area contributed by atoms with Gasteiger partial charge in [0.25, 0.3) is 6.04 Å². The second-order valence-electron chi connectivity index (χ2n) is 5.01. The van der Waals surface area contributed by atoms with Crippen molar-refractivity contribution in [3.05, 3.63) is 46.0 Å². The molecule has 0 amide bonds. The standard InChI is InChI=1S/C15H15NO4/c1-9-14(16(17)18)8-13-12-7-11(19-2)5-3-10(12)4-6-15(13)20-9/h3-7,9,14H,8H2,1-2H3. The van der Waals surface area contributed by atoms with Crippen LogP contribution in [0.3, 0.4) is 0 Å². The van der Waals surface area contributed by atoms with Gasteiger partial charge < -0.3 is 9.47 Å². The SMILES string of the molecule is COc1ccc2ccc3c(c2c1)CC([N+](=O)[O-])C(C)O3. The number of hydrogen-bond acceptors (Lipinski definition) is 4. The first kappa shape index (κ1) is 12.7. The van der Waals surface area contributed by atoms with E-state index in [4.69, 9.17) is 9.47 Å². The van der Waals surface area contributed by atoms with Gasteiger partial charge in [-0.1, -0.05) is 12.1 Å². The van der Waals surface area contributed by atoms with Gasteiger partial charge >= 0.3 is 0 Å². The van der Waals surface area contributed by atoms with E-state index >= 15 is 0 Å². The van der Waals surface area contributed by atoms with Crippen LogP contribution in [0.2, 0.25) is 0 Å². The van der Waals surface area contributed by atoms with Gasteiger partial charge in [0.1, 0.15) is 11.5 Å². The average molecular weight is 273 g/mol. The van der Waals surface area contributed by atoms with Crippen LogP contribution in [0.25, 0.3) is 10.8 Å². The van der Waals surface area contributed by atoms with Crippen molar-refractivity contribution >= 4 is 10.8 Å². The highest BCUT2D eigenvalue weighted by atomic mass is 16.6. The van der Waals surface area contributed by atoms with E-state index in [0.29, 0.717) is 6.42 Å². The van der Waals surface area contributed by atoms with Crippen molar-refractivity contribution in [2.24, 2.45) is 0 Å². The fourth-order valence-corrected chi connectivity index (χ4v) is 2.69. The molecule has 0 radical (unpaired) electrons. The molecule has 2 unspecified atom stereocenters. The molecule has 3 rings (SSSR count). The number of hydrogen-bond donors (Lipinski definition) is 0. The summed E-state index contributed by atoms with van der Waals surface area (Å²) in [6.45, 7) is 1.74. The smallest absolute Gasteiger partial charge is 0.253 e. The summed E-state index contributed by atoms with van der Waals surface area (Å²) < 4.78 is 10.9. The molecule has 1 aliphatic rings. The summed E-state index contributed by atoms with van der Waals surface area (Å²) in [6, 6.07) is 8.88. The quantitative estimate of drug-likeness (QED) is 0.623. The lowest BCUT2D eigenvalue weighted by molar-refractivity contribution is -0.533. The Bertz CT molecular complexity index is 683. The fourth-order valence-electron chi connectivity index (χ4n) is 2.69. The van der Waals surface area contributed by atoms with E-state index in [9.17, 15) is 10.1 Å². The first-order chi connectivity index (χ1) is 9.60. The van der Waals surface area contributed by atoms with E-state index in [1.54, 1.807) is 14.0 Å². The molecule has 0 bridgehead atoms. The largest absolute Gasteiger partial charge is 0.497 e. The molecule has 0 fully saturated rings. The molecule has 1 heterocycles. The normalized spacial score (nSPS) is 21.1. The lowest BCUT2D eigenvalue weighted by Crippen LogP contribution is -2.40. The van der Waals surface area contributed by atoms with Gasteiger partial charge in [-0.15, -0.1) is 0 Å². The topological polar surface area (TPSA) is 61.6 Å². The number of nitro groups is 1. The molecule has 2 aromatic rings. The van der Waals surface area contributed by atoms with Gasteiger partial charge in [0.2, 0.25) is 0 Å². The summed E-state index contributed by atoms with van der Waals surface area (Å²) in [7, 11) is 1.61. The molecule has 2 atom stereocenters. The molecule has 1 aliphatic heterocycles. The zero-order valence-corrected chi connectivity index (χ0v) is 11.3. The van der Waals surface area contributed by atoms with Crippen LogP contribution in [0.1, 0.15) is 12.5 Å². The molecule has 0 aliphatic carbocycles. The molecule has 20 heavy (non-hydrogen) atoms. The summed E-state index contributed by atoms with van der Waals surface area (Å²) in [5.41, 5.74) is 0.890. The maximum atomic E-state index is 11.1. The molecule has 0 aromatic heterocycles. The molecule has 2 aromatic carbocycles. The monoisotopic (exact) mass is 273 g/mol. The molecule has 104 valence electrons. The predicted molar refractivity (Wildman–Crippen MR) is 75.1 cm³/mol. The Kier molecular flexibility index (Phi) is 2.97. The number of methoxy groups -OCH3 is 1. The van der Waals surface area contributed by atoms with Crippen molar-refractivity contribution in [1.29, 1.82) is 0 Å². The van der Waals surface area contributed by atoms with Crippen molar-refractivity contribution < 1.29 is 14.4 Å². The van der Waals surface area contributed by atoms with Crippen molar-refractivity contribution in [1.82, 2.24) is 0 Å². The Balaban J connectivity index is 2.17. The second-order valence-corrected chi connectivity index (χ2v) is 5.01. The van der Waals surface area contributed by atoms with Crippen LogP contribution >= 0.6 is 0 Å². The van der Waals surface area contributed by atoms with Crippen LogP contribution in [-0.2, 0) is 6.42 Å². The second kappa shape index (κ2) is 4.67. The van der Waals surface area contributed by atoms with Crippen molar-refractivity contribution in [3.8, 4) is 11.5 Å². The Morgan fingerprint density at radius 2 is 2.10 bits per heavy atom. The number of benzene rings is 2. The zero-order chi connectivity index (χ0) is 14.3. The first-order valence-electron chi connectivity index (χ1n) is 6.50. The van der Waals surface area contributed by atoms with Gasteiger partial charge in [-0.3, -0.25) is 10.1 Å². The van der Waals surface area contributed by atoms with Crippen molar-refractivity contribution in [2.75, 3.05) is 7.11 Å². The van der Waals surface area contributed by atoms with Gasteiger partial charge in [0.05, 0.1) is 7.11 Å². The van der Waals surface area contributed by atoms with Crippen molar-refractivity contribution in [2.45, 2.75) is 25.5 Å². The van der Waals surface area contributed by atoms with Crippen LogP contribution in [0.5, 0.6) is 11.5 Å². The van der Waals surface area contributed by atoms with Crippen LogP contribution in [0.15, 0.2) is 30.3 Å².